The summed E-state index contributed by atoms with van der Waals surface area (Å²) in [5, 5.41) is 4.46. The lowest BCUT2D eigenvalue weighted by atomic mass is 9.95. The van der Waals surface area contributed by atoms with Crippen LogP contribution in [0.2, 0.25) is 0 Å². The van der Waals surface area contributed by atoms with E-state index in [-0.39, 0.29) is 0 Å². The van der Waals surface area contributed by atoms with Crippen LogP contribution in [0.15, 0.2) is 24.3 Å². The Hall–Kier alpha value is -2.88. The Morgan fingerprint density at radius 3 is 1.54 bits per heavy atom. The molecular formula is C22H22N2O2. The largest absolute Gasteiger partial charge is 0.350 e. The van der Waals surface area contributed by atoms with Crippen LogP contribution < -0.4 is 0 Å². The Balaban J connectivity index is 2.29. The van der Waals surface area contributed by atoms with Crippen molar-refractivity contribution in [2.24, 2.45) is 0 Å². The van der Waals surface area contributed by atoms with Gasteiger partial charge >= 0.3 is 0 Å². The summed E-state index contributed by atoms with van der Waals surface area (Å²) in [5.41, 5.74) is 5.26. The van der Waals surface area contributed by atoms with Crippen molar-refractivity contribution >= 4 is 45.2 Å². The summed E-state index contributed by atoms with van der Waals surface area (Å²) in [6, 6.07) is 8.29. The van der Waals surface area contributed by atoms with Crippen molar-refractivity contribution in [3.8, 4) is 0 Å². The second kappa shape index (κ2) is 6.45. The number of nitrogens with one attached hydrogen (secondary N) is 2. The topological polar surface area (TPSA) is 65.7 Å². The fourth-order valence-corrected chi connectivity index (χ4v) is 4.23. The van der Waals surface area contributed by atoms with Crippen molar-refractivity contribution in [3.63, 3.8) is 0 Å². The molecule has 2 aromatic carbocycles. The zero-order chi connectivity index (χ0) is 18.3. The molecule has 2 aromatic heterocycles. The number of carbonyl (C=O) groups excluding carboxylic acids is 2. The average Bonchev–Trinajstić information content (AvgIpc) is 3.21. The second-order valence-corrected chi connectivity index (χ2v) is 6.82. The molecule has 0 saturated carbocycles. The van der Waals surface area contributed by atoms with Crippen molar-refractivity contribution in [2.75, 3.05) is 0 Å². The van der Waals surface area contributed by atoms with E-state index in [9.17, 15) is 9.59 Å². The lowest BCUT2D eigenvalue weighted by Crippen LogP contribution is -1.90. The van der Waals surface area contributed by atoms with Crippen LogP contribution in [0.1, 0.15) is 58.8 Å². The van der Waals surface area contributed by atoms with Crippen LogP contribution in [-0.2, 0) is 12.8 Å². The minimum atomic E-state index is 0.638. The first-order valence-electron chi connectivity index (χ1n) is 9.25. The third kappa shape index (κ3) is 2.22. The first kappa shape index (κ1) is 16.6. The van der Waals surface area contributed by atoms with E-state index in [1.165, 1.54) is 0 Å². The molecule has 2 N–H and O–H groups in total. The minimum absolute atomic E-state index is 0.638. The molecule has 4 nitrogen and oxygen atoms in total. The molecule has 4 heteroatoms. The monoisotopic (exact) mass is 346 g/mol. The molecule has 0 fully saturated rings. The van der Waals surface area contributed by atoms with E-state index in [1.807, 2.05) is 12.1 Å². The Morgan fingerprint density at radius 1 is 0.769 bits per heavy atom. The summed E-state index contributed by atoms with van der Waals surface area (Å²) in [6.45, 7) is 4.24. The fraction of sp³-hybridized carbons (Fsp3) is 0.273. The highest BCUT2D eigenvalue weighted by Gasteiger charge is 2.21. The van der Waals surface area contributed by atoms with Gasteiger partial charge in [0.05, 0.1) is 22.4 Å². The van der Waals surface area contributed by atoms with Gasteiger partial charge in [-0.05, 0) is 34.7 Å². The molecular weight excluding hydrogens is 324 g/mol. The molecule has 0 aliphatic carbocycles. The van der Waals surface area contributed by atoms with Gasteiger partial charge in [-0.15, -0.1) is 0 Å². The molecule has 0 spiro atoms. The SMILES string of the molecule is CCCc1c(C=O)[nH]c2c3[nH]c(C=O)c(CCC)c3c3ccccc3c12. The summed E-state index contributed by atoms with van der Waals surface area (Å²) in [7, 11) is 0. The van der Waals surface area contributed by atoms with Gasteiger partial charge in [-0.1, -0.05) is 51.0 Å². The lowest BCUT2D eigenvalue weighted by Gasteiger charge is -2.07. The number of aromatic nitrogens is 2. The molecule has 0 unspecified atom stereocenters. The molecule has 0 bridgehead atoms. The molecule has 0 amide bonds. The number of carbonyl (C=O) groups is 2. The fourth-order valence-electron chi connectivity index (χ4n) is 4.23. The summed E-state index contributed by atoms with van der Waals surface area (Å²) < 4.78 is 0. The van der Waals surface area contributed by atoms with Crippen molar-refractivity contribution in [1.29, 1.82) is 0 Å². The predicted molar refractivity (Wildman–Crippen MR) is 106 cm³/mol. The van der Waals surface area contributed by atoms with E-state index in [0.29, 0.717) is 11.4 Å². The number of hydrogen-bond donors (Lipinski definition) is 2. The van der Waals surface area contributed by atoms with Crippen molar-refractivity contribution in [1.82, 2.24) is 9.97 Å². The quantitative estimate of drug-likeness (QED) is 0.463. The highest BCUT2D eigenvalue weighted by atomic mass is 16.1. The van der Waals surface area contributed by atoms with Gasteiger partial charge in [-0.25, -0.2) is 0 Å². The molecule has 4 aromatic rings. The maximum atomic E-state index is 11.7. The Kier molecular flexibility index (Phi) is 4.11. The van der Waals surface area contributed by atoms with Gasteiger partial charge in [0, 0.05) is 10.8 Å². The average molecular weight is 346 g/mol. The van der Waals surface area contributed by atoms with Crippen LogP contribution >= 0.6 is 0 Å². The second-order valence-electron chi connectivity index (χ2n) is 6.82. The third-order valence-electron chi connectivity index (χ3n) is 5.22. The third-order valence-corrected chi connectivity index (χ3v) is 5.22. The van der Waals surface area contributed by atoms with Crippen LogP contribution in [0.4, 0.5) is 0 Å². The van der Waals surface area contributed by atoms with Gasteiger partial charge in [0.15, 0.2) is 12.6 Å². The zero-order valence-electron chi connectivity index (χ0n) is 15.1. The van der Waals surface area contributed by atoms with Crippen LogP contribution in [0.5, 0.6) is 0 Å². The van der Waals surface area contributed by atoms with Crippen LogP contribution in [0, 0.1) is 0 Å². The van der Waals surface area contributed by atoms with Gasteiger partial charge in [0.1, 0.15) is 0 Å². The molecule has 132 valence electrons. The van der Waals surface area contributed by atoms with Gasteiger partial charge in [0.25, 0.3) is 0 Å². The van der Waals surface area contributed by atoms with Crippen molar-refractivity contribution in [2.45, 2.75) is 39.5 Å². The Bertz CT molecular complexity index is 1060. The highest BCUT2D eigenvalue weighted by Crippen LogP contribution is 2.40. The Labute approximate surface area is 151 Å². The zero-order valence-corrected chi connectivity index (χ0v) is 15.1. The number of aldehydes is 2. The number of rotatable bonds is 6. The van der Waals surface area contributed by atoms with E-state index in [2.05, 4.69) is 35.9 Å². The van der Waals surface area contributed by atoms with Crippen LogP contribution in [0.3, 0.4) is 0 Å². The maximum Gasteiger partial charge on any atom is 0.166 e. The van der Waals surface area contributed by atoms with Gasteiger partial charge in [0.2, 0.25) is 0 Å². The number of fused-ring (bicyclic) bond motifs is 6. The van der Waals surface area contributed by atoms with Crippen molar-refractivity contribution < 1.29 is 9.59 Å². The van der Waals surface area contributed by atoms with Gasteiger partial charge in [-0.2, -0.15) is 0 Å². The standard InChI is InChI=1S/C22H22N2O2/c1-3-7-15-17(11-25)23-21-19(15)13-9-5-6-10-14(13)20-16(8-4-2)18(12-26)24-22(20)21/h5-6,9-12,23-24H,3-4,7-8H2,1-2H3. The molecule has 0 radical (unpaired) electrons. The molecule has 2 heterocycles. The molecule has 0 aliphatic heterocycles. The molecule has 4 rings (SSSR count). The predicted octanol–water partition coefficient (Wildman–Crippen LogP) is 5.33. The summed E-state index contributed by atoms with van der Waals surface area (Å²) in [4.78, 5) is 30.0. The van der Waals surface area contributed by atoms with E-state index in [1.54, 1.807) is 0 Å². The first-order chi connectivity index (χ1) is 12.7. The summed E-state index contributed by atoms with van der Waals surface area (Å²) in [6.07, 6.45) is 5.42. The van der Waals surface area contributed by atoms with Gasteiger partial charge < -0.3 is 9.97 Å². The molecule has 0 saturated heterocycles. The maximum absolute atomic E-state index is 11.7. The normalized spacial score (nSPS) is 11.6. The number of aryl methyl sites for hydroxylation is 2. The molecule has 0 aliphatic rings. The van der Waals surface area contributed by atoms with Crippen LogP contribution in [0.25, 0.3) is 32.6 Å². The molecule has 0 atom stereocenters. The smallest absolute Gasteiger partial charge is 0.166 e. The van der Waals surface area contributed by atoms with Gasteiger partial charge in [-0.3, -0.25) is 9.59 Å². The van der Waals surface area contributed by atoms with E-state index >= 15 is 0 Å². The van der Waals surface area contributed by atoms with E-state index in [0.717, 1.165) is 82.0 Å². The minimum Gasteiger partial charge on any atom is -0.350 e. The summed E-state index contributed by atoms with van der Waals surface area (Å²) >= 11 is 0. The lowest BCUT2D eigenvalue weighted by molar-refractivity contribution is 0.111. The van der Waals surface area contributed by atoms with Crippen LogP contribution in [-0.4, -0.2) is 22.5 Å². The number of hydrogen-bond acceptors (Lipinski definition) is 2. The first-order valence-corrected chi connectivity index (χ1v) is 9.25. The van der Waals surface area contributed by atoms with Crippen molar-refractivity contribution in [3.05, 3.63) is 46.8 Å². The highest BCUT2D eigenvalue weighted by molar-refractivity contribution is 6.27. The van der Waals surface area contributed by atoms with E-state index < -0.39 is 0 Å². The van der Waals surface area contributed by atoms with E-state index in [4.69, 9.17) is 0 Å². The summed E-state index contributed by atoms with van der Waals surface area (Å²) in [5.74, 6) is 0. The number of aromatic amines is 2. The number of benzene rings is 2. The Morgan fingerprint density at radius 2 is 1.19 bits per heavy atom. The molecule has 26 heavy (non-hydrogen) atoms. The number of H-pyrrole nitrogens is 2.